The lowest BCUT2D eigenvalue weighted by Gasteiger charge is -2.29. The summed E-state index contributed by atoms with van der Waals surface area (Å²) < 4.78 is 0. The van der Waals surface area contributed by atoms with Gasteiger partial charge in [-0.15, -0.1) is 0 Å². The SMILES string of the molecule is CCCCN(CCCC)C(=O)[C@H](CC(C)C)NC(=O)[C@@H](O)[C@H](O)C(=O)O. The molecule has 0 fully saturated rings. The van der Waals surface area contributed by atoms with Crippen LogP contribution >= 0.6 is 0 Å². The van der Waals surface area contributed by atoms with Gasteiger partial charge in [0.25, 0.3) is 5.91 Å². The van der Waals surface area contributed by atoms with Crippen molar-refractivity contribution in [3.8, 4) is 0 Å². The molecule has 0 aliphatic carbocycles. The number of carboxylic acids is 1. The van der Waals surface area contributed by atoms with Crippen LogP contribution in [-0.4, -0.2) is 69.3 Å². The molecule has 0 aromatic rings. The largest absolute Gasteiger partial charge is 0.479 e. The number of aliphatic hydroxyl groups is 2. The number of aliphatic hydroxyl groups excluding tert-OH is 2. The molecular formula is C18H34N2O6. The van der Waals surface area contributed by atoms with Crippen molar-refractivity contribution in [3.05, 3.63) is 0 Å². The molecule has 0 saturated carbocycles. The van der Waals surface area contributed by atoms with Gasteiger partial charge >= 0.3 is 5.97 Å². The molecule has 0 spiro atoms. The van der Waals surface area contributed by atoms with Gasteiger partial charge < -0.3 is 25.5 Å². The van der Waals surface area contributed by atoms with Gasteiger partial charge in [0.05, 0.1) is 0 Å². The van der Waals surface area contributed by atoms with E-state index in [4.69, 9.17) is 5.11 Å². The average Bonchev–Trinajstić information content (AvgIpc) is 2.58. The number of hydrogen-bond acceptors (Lipinski definition) is 5. The van der Waals surface area contributed by atoms with Gasteiger partial charge in [-0.1, -0.05) is 40.5 Å². The quantitative estimate of drug-likeness (QED) is 0.377. The fraction of sp³-hybridized carbons (Fsp3) is 0.833. The van der Waals surface area contributed by atoms with Crippen molar-refractivity contribution in [3.63, 3.8) is 0 Å². The lowest BCUT2D eigenvalue weighted by atomic mass is 10.0. The topological polar surface area (TPSA) is 127 Å². The molecule has 0 aliphatic heterocycles. The van der Waals surface area contributed by atoms with Gasteiger partial charge in [0.2, 0.25) is 5.91 Å². The normalized spacial score (nSPS) is 14.6. The van der Waals surface area contributed by atoms with Crippen molar-refractivity contribution < 1.29 is 29.7 Å². The maximum absolute atomic E-state index is 12.9. The number of rotatable bonds is 13. The third kappa shape index (κ3) is 8.62. The summed E-state index contributed by atoms with van der Waals surface area (Å²) in [5.74, 6) is -2.91. The molecule has 0 heterocycles. The highest BCUT2D eigenvalue weighted by molar-refractivity contribution is 5.92. The first kappa shape index (κ1) is 24.3. The lowest BCUT2D eigenvalue weighted by molar-refractivity contribution is -0.158. The first-order valence-corrected chi connectivity index (χ1v) is 9.33. The fourth-order valence-electron chi connectivity index (χ4n) is 2.48. The van der Waals surface area contributed by atoms with E-state index < -0.39 is 30.1 Å². The molecule has 26 heavy (non-hydrogen) atoms. The van der Waals surface area contributed by atoms with Crippen molar-refractivity contribution in [2.24, 2.45) is 5.92 Å². The molecule has 4 N–H and O–H groups in total. The molecular weight excluding hydrogens is 340 g/mol. The maximum Gasteiger partial charge on any atom is 0.335 e. The Kier molecular flexibility index (Phi) is 11.8. The van der Waals surface area contributed by atoms with Crippen LogP contribution in [0.5, 0.6) is 0 Å². The van der Waals surface area contributed by atoms with Gasteiger partial charge in [0.15, 0.2) is 12.2 Å². The second kappa shape index (κ2) is 12.6. The van der Waals surface area contributed by atoms with E-state index in [0.29, 0.717) is 19.5 Å². The molecule has 0 unspecified atom stereocenters. The summed E-state index contributed by atoms with van der Waals surface area (Å²) in [6, 6.07) is -0.869. The molecule has 0 aromatic carbocycles. The van der Waals surface area contributed by atoms with Crippen LogP contribution in [0.15, 0.2) is 0 Å². The van der Waals surface area contributed by atoms with E-state index >= 15 is 0 Å². The van der Waals surface area contributed by atoms with Crippen molar-refractivity contribution >= 4 is 17.8 Å². The van der Waals surface area contributed by atoms with Gasteiger partial charge in [0.1, 0.15) is 6.04 Å². The van der Waals surface area contributed by atoms with Gasteiger partial charge in [-0.3, -0.25) is 9.59 Å². The minimum absolute atomic E-state index is 0.102. The highest BCUT2D eigenvalue weighted by Crippen LogP contribution is 2.11. The number of aliphatic carboxylic acids is 1. The number of hydrogen-bond donors (Lipinski definition) is 4. The molecule has 0 aromatic heterocycles. The molecule has 152 valence electrons. The van der Waals surface area contributed by atoms with Gasteiger partial charge in [0, 0.05) is 13.1 Å². The predicted molar refractivity (Wildman–Crippen MR) is 97.4 cm³/mol. The molecule has 0 radical (unpaired) electrons. The third-order valence-corrected chi connectivity index (χ3v) is 4.02. The summed E-state index contributed by atoms with van der Waals surface area (Å²) in [4.78, 5) is 37.4. The molecule has 0 aliphatic rings. The molecule has 8 heteroatoms. The highest BCUT2D eigenvalue weighted by atomic mass is 16.4. The summed E-state index contributed by atoms with van der Waals surface area (Å²) in [7, 11) is 0. The summed E-state index contributed by atoms with van der Waals surface area (Å²) in [6.07, 6.45) is -0.456. The Morgan fingerprint density at radius 2 is 1.46 bits per heavy atom. The number of nitrogens with one attached hydrogen (secondary N) is 1. The van der Waals surface area contributed by atoms with E-state index in [1.54, 1.807) is 4.90 Å². The second-order valence-electron chi connectivity index (χ2n) is 6.95. The zero-order chi connectivity index (χ0) is 20.3. The number of unbranched alkanes of at least 4 members (excludes halogenated alkanes) is 2. The van der Waals surface area contributed by atoms with Crippen LogP contribution in [0.2, 0.25) is 0 Å². The number of amides is 2. The summed E-state index contributed by atoms with van der Waals surface area (Å²) in [6.45, 7) is 9.02. The van der Waals surface area contributed by atoms with E-state index in [2.05, 4.69) is 5.32 Å². The maximum atomic E-state index is 12.9. The minimum atomic E-state index is -2.24. The van der Waals surface area contributed by atoms with E-state index in [1.807, 2.05) is 27.7 Å². The standard InChI is InChI=1S/C18H34N2O6/c1-5-7-9-20(10-8-6-2)17(24)13(11-12(3)4)19-16(23)14(21)15(22)18(25)26/h12-15,21-22H,5-11H2,1-4H3,(H,19,23)(H,25,26)/t13-,14-,15-/m0/s1. The Labute approximate surface area is 155 Å². The van der Waals surface area contributed by atoms with Crippen molar-refractivity contribution in [2.45, 2.75) is 78.0 Å². The van der Waals surface area contributed by atoms with Crippen molar-refractivity contribution in [1.29, 1.82) is 0 Å². The van der Waals surface area contributed by atoms with Crippen LogP contribution < -0.4 is 5.32 Å². The number of carbonyl (C=O) groups excluding carboxylic acids is 2. The van der Waals surface area contributed by atoms with Crippen LogP contribution in [0, 0.1) is 5.92 Å². The number of carbonyl (C=O) groups is 3. The van der Waals surface area contributed by atoms with E-state index in [-0.39, 0.29) is 11.8 Å². The van der Waals surface area contributed by atoms with Gasteiger partial charge in [-0.2, -0.15) is 0 Å². The van der Waals surface area contributed by atoms with Crippen LogP contribution in [0.3, 0.4) is 0 Å². The molecule has 8 nitrogen and oxygen atoms in total. The molecule has 3 atom stereocenters. The Hall–Kier alpha value is -1.67. The second-order valence-corrected chi connectivity index (χ2v) is 6.95. The lowest BCUT2D eigenvalue weighted by Crippen LogP contribution is -2.54. The molecule has 0 bridgehead atoms. The van der Waals surface area contributed by atoms with Gasteiger partial charge in [-0.25, -0.2) is 4.79 Å². The Bertz CT molecular complexity index is 447. The Balaban J connectivity index is 5.20. The molecule has 2 amide bonds. The fourth-order valence-corrected chi connectivity index (χ4v) is 2.48. The number of carboxylic acid groups (broad SMARTS) is 1. The van der Waals surface area contributed by atoms with Crippen LogP contribution in [0.4, 0.5) is 0 Å². The summed E-state index contributed by atoms with van der Waals surface area (Å²) in [5.41, 5.74) is 0. The predicted octanol–water partition coefficient (Wildman–Crippen LogP) is 0.753. The zero-order valence-electron chi connectivity index (χ0n) is 16.3. The third-order valence-electron chi connectivity index (χ3n) is 4.02. The van der Waals surface area contributed by atoms with Gasteiger partial charge in [-0.05, 0) is 25.2 Å². The first-order chi connectivity index (χ1) is 12.1. The van der Waals surface area contributed by atoms with Crippen LogP contribution in [0.25, 0.3) is 0 Å². The first-order valence-electron chi connectivity index (χ1n) is 9.33. The summed E-state index contributed by atoms with van der Waals surface area (Å²) >= 11 is 0. The monoisotopic (exact) mass is 374 g/mol. The molecule has 0 rings (SSSR count). The minimum Gasteiger partial charge on any atom is -0.479 e. The van der Waals surface area contributed by atoms with Crippen LogP contribution in [0.1, 0.15) is 59.8 Å². The zero-order valence-corrected chi connectivity index (χ0v) is 16.3. The van der Waals surface area contributed by atoms with E-state index in [1.165, 1.54) is 0 Å². The van der Waals surface area contributed by atoms with E-state index in [9.17, 15) is 24.6 Å². The Morgan fingerprint density at radius 1 is 0.962 bits per heavy atom. The Morgan fingerprint density at radius 3 is 1.85 bits per heavy atom. The van der Waals surface area contributed by atoms with E-state index in [0.717, 1.165) is 25.7 Å². The number of nitrogens with zero attached hydrogens (tertiary/aromatic N) is 1. The van der Waals surface area contributed by atoms with Crippen molar-refractivity contribution in [1.82, 2.24) is 10.2 Å². The molecule has 0 saturated heterocycles. The van der Waals surface area contributed by atoms with Crippen molar-refractivity contribution in [2.75, 3.05) is 13.1 Å². The summed E-state index contributed by atoms with van der Waals surface area (Å²) in [5, 5.41) is 30.1. The smallest absolute Gasteiger partial charge is 0.335 e. The average molecular weight is 374 g/mol. The van der Waals surface area contributed by atoms with Crippen LogP contribution in [-0.2, 0) is 14.4 Å². The highest BCUT2D eigenvalue weighted by Gasteiger charge is 2.34.